The molecule has 44 heavy (non-hydrogen) atoms. The molecule has 0 fully saturated rings. The number of rotatable bonds is 2. The van der Waals surface area contributed by atoms with Crippen LogP contribution in [0.4, 0.5) is 0 Å². The maximum Gasteiger partial charge on any atom is 0.0541 e. The van der Waals surface area contributed by atoms with Crippen LogP contribution < -0.4 is 0 Å². The third-order valence-corrected chi connectivity index (χ3v) is 11.0. The van der Waals surface area contributed by atoms with Gasteiger partial charge in [0.25, 0.3) is 0 Å². The SMILES string of the molecule is Cc1cc(-n2c3ccccc3c3ccccc32)cc(C)c1Br.Cc1cc(-n2c3ccccc3c3ccccc32)cc(C)c1Br. The lowest BCUT2D eigenvalue weighted by atomic mass is 10.1. The highest BCUT2D eigenvalue weighted by Gasteiger charge is 2.14. The molecule has 2 aromatic heterocycles. The minimum atomic E-state index is 1.19. The van der Waals surface area contributed by atoms with Crippen molar-refractivity contribution in [1.82, 2.24) is 9.13 Å². The third-order valence-electron chi connectivity index (χ3n) is 8.52. The Hall–Kier alpha value is -4.12. The van der Waals surface area contributed by atoms with Gasteiger partial charge in [0, 0.05) is 41.9 Å². The van der Waals surface area contributed by atoms with Gasteiger partial charge < -0.3 is 9.13 Å². The summed E-state index contributed by atoms with van der Waals surface area (Å²) in [7, 11) is 0. The first-order chi connectivity index (χ1) is 21.3. The van der Waals surface area contributed by atoms with Gasteiger partial charge in [-0.25, -0.2) is 0 Å². The fourth-order valence-corrected chi connectivity index (χ4v) is 6.96. The standard InChI is InChI=1S/2C20H16BrN/c2*1-13-11-15(12-14(2)20(13)21)22-18-9-5-3-7-16(18)17-8-4-6-10-19(17)22/h2*3-12H,1-2H3. The van der Waals surface area contributed by atoms with Gasteiger partial charge in [-0.05, 0) is 98.5 Å². The van der Waals surface area contributed by atoms with Crippen molar-refractivity contribution in [3.63, 3.8) is 0 Å². The van der Waals surface area contributed by atoms with E-state index in [4.69, 9.17) is 0 Å². The zero-order valence-corrected chi connectivity index (χ0v) is 28.4. The molecule has 8 aromatic rings. The van der Waals surface area contributed by atoms with Crippen molar-refractivity contribution in [2.24, 2.45) is 0 Å². The number of halogens is 2. The van der Waals surface area contributed by atoms with Gasteiger partial charge in [0.2, 0.25) is 0 Å². The Morgan fingerprint density at radius 1 is 0.364 bits per heavy atom. The topological polar surface area (TPSA) is 9.86 Å². The molecule has 0 unspecified atom stereocenters. The van der Waals surface area contributed by atoms with E-state index in [1.54, 1.807) is 0 Å². The molecule has 0 aliphatic carbocycles. The molecule has 0 atom stereocenters. The predicted octanol–water partition coefficient (Wildman–Crippen LogP) is 12.3. The molecule has 8 rings (SSSR count). The number of aryl methyl sites for hydroxylation is 4. The first kappa shape index (κ1) is 28.6. The number of fused-ring (bicyclic) bond motifs is 6. The molecule has 216 valence electrons. The predicted molar refractivity (Wildman–Crippen MR) is 196 cm³/mol. The summed E-state index contributed by atoms with van der Waals surface area (Å²) in [6.45, 7) is 8.59. The van der Waals surface area contributed by atoms with E-state index in [1.165, 1.54) is 86.2 Å². The average molecular weight is 701 g/mol. The first-order valence-corrected chi connectivity index (χ1v) is 16.4. The Morgan fingerprint density at radius 2 is 0.591 bits per heavy atom. The van der Waals surface area contributed by atoms with Gasteiger partial charge in [-0.15, -0.1) is 0 Å². The fourth-order valence-electron chi connectivity index (χ4n) is 6.51. The van der Waals surface area contributed by atoms with E-state index < -0.39 is 0 Å². The maximum absolute atomic E-state index is 3.67. The summed E-state index contributed by atoms with van der Waals surface area (Å²) in [6, 6.07) is 43.4. The van der Waals surface area contributed by atoms with Gasteiger partial charge in [-0.1, -0.05) is 105 Å². The quantitative estimate of drug-likeness (QED) is 0.170. The monoisotopic (exact) mass is 698 g/mol. The zero-order chi connectivity index (χ0) is 30.5. The molecule has 0 radical (unpaired) electrons. The van der Waals surface area contributed by atoms with Crippen LogP contribution in [0.15, 0.2) is 130 Å². The van der Waals surface area contributed by atoms with Crippen LogP contribution in [-0.4, -0.2) is 9.13 Å². The lowest BCUT2D eigenvalue weighted by molar-refractivity contribution is 1.15. The Bertz CT molecular complexity index is 2040. The maximum atomic E-state index is 3.67. The van der Waals surface area contributed by atoms with Crippen LogP contribution in [0.2, 0.25) is 0 Å². The first-order valence-electron chi connectivity index (χ1n) is 14.8. The Balaban J connectivity index is 0.000000142. The van der Waals surface area contributed by atoms with Crippen LogP contribution in [-0.2, 0) is 0 Å². The van der Waals surface area contributed by atoms with Crippen molar-refractivity contribution in [1.29, 1.82) is 0 Å². The van der Waals surface area contributed by atoms with E-state index in [1.807, 2.05) is 0 Å². The van der Waals surface area contributed by atoms with Gasteiger partial charge in [0.15, 0.2) is 0 Å². The number of aromatic nitrogens is 2. The highest BCUT2D eigenvalue weighted by molar-refractivity contribution is 9.10. The number of para-hydroxylation sites is 4. The molecule has 0 aliphatic rings. The van der Waals surface area contributed by atoms with Crippen molar-refractivity contribution < 1.29 is 0 Å². The normalized spacial score (nSPS) is 11.4. The van der Waals surface area contributed by atoms with E-state index in [-0.39, 0.29) is 0 Å². The summed E-state index contributed by atoms with van der Waals surface area (Å²) in [5.41, 5.74) is 12.5. The highest BCUT2D eigenvalue weighted by Crippen LogP contribution is 2.35. The Labute approximate surface area is 274 Å². The Kier molecular flexibility index (Phi) is 7.44. The second-order valence-corrected chi connectivity index (χ2v) is 13.1. The molecule has 0 amide bonds. The summed E-state index contributed by atoms with van der Waals surface area (Å²) < 4.78 is 7.10. The van der Waals surface area contributed by atoms with Crippen molar-refractivity contribution in [3.8, 4) is 11.4 Å². The van der Waals surface area contributed by atoms with Gasteiger partial charge in [0.05, 0.1) is 22.1 Å². The lowest BCUT2D eigenvalue weighted by Gasteiger charge is -2.12. The zero-order valence-electron chi connectivity index (χ0n) is 25.2. The molecule has 0 aliphatic heterocycles. The molecule has 0 N–H and O–H groups in total. The molecular formula is C40H32Br2N2. The number of hydrogen-bond donors (Lipinski definition) is 0. The van der Waals surface area contributed by atoms with Crippen molar-refractivity contribution in [2.45, 2.75) is 27.7 Å². The Morgan fingerprint density at radius 3 is 0.841 bits per heavy atom. The van der Waals surface area contributed by atoms with Crippen LogP contribution in [0.3, 0.4) is 0 Å². The van der Waals surface area contributed by atoms with Crippen LogP contribution in [0.1, 0.15) is 22.3 Å². The summed E-state index contributed by atoms with van der Waals surface area (Å²) in [4.78, 5) is 0. The van der Waals surface area contributed by atoms with E-state index in [2.05, 4.69) is 190 Å². The largest absolute Gasteiger partial charge is 0.309 e. The summed E-state index contributed by atoms with van der Waals surface area (Å²) in [5.74, 6) is 0. The third kappa shape index (κ3) is 4.77. The molecule has 0 saturated carbocycles. The minimum absolute atomic E-state index is 1.19. The molecule has 6 aromatic carbocycles. The van der Waals surface area contributed by atoms with Gasteiger partial charge >= 0.3 is 0 Å². The molecule has 2 heterocycles. The van der Waals surface area contributed by atoms with Crippen LogP contribution >= 0.6 is 31.9 Å². The highest BCUT2D eigenvalue weighted by atomic mass is 79.9. The minimum Gasteiger partial charge on any atom is -0.309 e. The fraction of sp³-hybridized carbons (Fsp3) is 0.100. The molecule has 4 heteroatoms. The van der Waals surface area contributed by atoms with Crippen molar-refractivity contribution in [3.05, 3.63) is 153 Å². The number of benzene rings is 6. The smallest absolute Gasteiger partial charge is 0.0541 e. The van der Waals surface area contributed by atoms with Gasteiger partial charge in [0.1, 0.15) is 0 Å². The summed E-state index contributed by atoms with van der Waals surface area (Å²) in [5, 5.41) is 5.21. The average Bonchev–Trinajstić information content (AvgIpc) is 3.56. The molecular weight excluding hydrogens is 668 g/mol. The summed E-state index contributed by atoms with van der Waals surface area (Å²) >= 11 is 7.33. The molecule has 0 spiro atoms. The number of nitrogens with zero attached hydrogens (tertiary/aromatic N) is 2. The second-order valence-electron chi connectivity index (χ2n) is 11.5. The number of hydrogen-bond acceptors (Lipinski definition) is 0. The van der Waals surface area contributed by atoms with E-state index in [0.717, 1.165) is 0 Å². The van der Waals surface area contributed by atoms with Crippen LogP contribution in [0.25, 0.3) is 55.0 Å². The van der Waals surface area contributed by atoms with E-state index in [0.29, 0.717) is 0 Å². The van der Waals surface area contributed by atoms with Crippen LogP contribution in [0.5, 0.6) is 0 Å². The molecule has 2 nitrogen and oxygen atoms in total. The van der Waals surface area contributed by atoms with E-state index >= 15 is 0 Å². The van der Waals surface area contributed by atoms with Gasteiger partial charge in [-0.3, -0.25) is 0 Å². The van der Waals surface area contributed by atoms with Gasteiger partial charge in [-0.2, -0.15) is 0 Å². The van der Waals surface area contributed by atoms with Crippen molar-refractivity contribution >= 4 is 75.5 Å². The molecule has 0 saturated heterocycles. The van der Waals surface area contributed by atoms with Crippen molar-refractivity contribution in [2.75, 3.05) is 0 Å². The van der Waals surface area contributed by atoms with Crippen LogP contribution in [0, 0.1) is 27.7 Å². The van der Waals surface area contributed by atoms with E-state index in [9.17, 15) is 0 Å². The molecule has 0 bridgehead atoms. The lowest BCUT2D eigenvalue weighted by Crippen LogP contribution is -1.96. The summed E-state index contributed by atoms with van der Waals surface area (Å²) in [6.07, 6.45) is 0. The second kappa shape index (κ2) is 11.4.